The van der Waals surface area contributed by atoms with Crippen LogP contribution in [0.4, 0.5) is 0 Å². The van der Waals surface area contributed by atoms with Gasteiger partial charge in [0.2, 0.25) is 0 Å². The highest BCUT2D eigenvalue weighted by molar-refractivity contribution is 8.04. The van der Waals surface area contributed by atoms with E-state index in [9.17, 15) is 0 Å². The molecule has 0 nitrogen and oxygen atoms in total. The molecule has 2 heterocycles. The summed E-state index contributed by atoms with van der Waals surface area (Å²) in [6.45, 7) is 4.84. The Balaban J connectivity index is 1.74. The van der Waals surface area contributed by atoms with E-state index in [4.69, 9.17) is 7.85 Å². The van der Waals surface area contributed by atoms with E-state index in [0.29, 0.717) is 9.96 Å². The van der Waals surface area contributed by atoms with Crippen molar-refractivity contribution in [3.05, 3.63) is 0 Å². The van der Waals surface area contributed by atoms with Gasteiger partial charge in [0, 0.05) is 0 Å². The molecule has 1 saturated carbocycles. The molecule has 103 valence electrons. The second-order valence-electron chi connectivity index (χ2n) is 7.68. The summed E-state index contributed by atoms with van der Waals surface area (Å²) in [7, 11) is 9.50. The first kappa shape index (κ1) is 14.4. The molecule has 0 N–H and O–H groups in total. The summed E-state index contributed by atoms with van der Waals surface area (Å²) in [5, 5.41) is 0.538. The first-order chi connectivity index (χ1) is 8.98. The summed E-state index contributed by atoms with van der Waals surface area (Å²) in [5.41, 5.74) is 0. The molecule has 19 heavy (non-hydrogen) atoms. The van der Waals surface area contributed by atoms with Crippen molar-refractivity contribution in [2.24, 2.45) is 5.92 Å². The maximum absolute atomic E-state index is 6.73. The van der Waals surface area contributed by atoms with Crippen molar-refractivity contribution in [1.82, 2.24) is 0 Å². The Hall–Kier alpha value is 0.480. The molecule has 2 aliphatic heterocycles. The number of fused-ring (bicyclic) bond motifs is 2. The molecular formula is C16H27B2S. The molecule has 3 rings (SSSR count). The molecule has 3 fully saturated rings. The van der Waals surface area contributed by atoms with Crippen molar-refractivity contribution < 1.29 is 0 Å². The Morgan fingerprint density at radius 1 is 0.895 bits per heavy atom. The van der Waals surface area contributed by atoms with E-state index < -0.39 is 0 Å². The molecule has 2 bridgehead atoms. The van der Waals surface area contributed by atoms with E-state index in [1.54, 1.807) is 0 Å². The summed E-state index contributed by atoms with van der Waals surface area (Å²) in [4.78, 5) is 0. The minimum absolute atomic E-state index is 0.0825. The number of thioether (sulfide) groups is 1. The van der Waals surface area contributed by atoms with Gasteiger partial charge in [-0.05, 0) is 40.9 Å². The highest BCUT2D eigenvalue weighted by atomic mass is 32.2. The molecule has 2 atom stereocenters. The van der Waals surface area contributed by atoms with Crippen LogP contribution in [0.25, 0.3) is 0 Å². The van der Waals surface area contributed by atoms with Gasteiger partial charge in [-0.2, -0.15) is 11.8 Å². The second kappa shape index (κ2) is 5.04. The smallest absolute Gasteiger partial charge is 0.140 e. The van der Waals surface area contributed by atoms with Crippen LogP contribution in [0.2, 0.25) is 5.31 Å². The summed E-state index contributed by atoms with van der Waals surface area (Å²) >= 11 is 2.17. The number of hydrogen-bond donors (Lipinski definition) is 0. The Morgan fingerprint density at radius 2 is 1.63 bits per heavy atom. The molecule has 1 aliphatic carbocycles. The fourth-order valence-corrected chi connectivity index (χ4v) is 6.80. The Morgan fingerprint density at radius 3 is 2.32 bits per heavy atom. The standard InChI is InChI=1S/C16H27B2S/c1-13(2)14-7-6-10-16(18-14,12-11-14)19-15(17)8-4-3-5-9-15/h13H,3-12H2,1-2H3. The van der Waals surface area contributed by atoms with Crippen LogP contribution in [0.3, 0.4) is 0 Å². The molecule has 2 unspecified atom stereocenters. The molecule has 3 radical (unpaired) electrons. The monoisotopic (exact) mass is 273 g/mol. The van der Waals surface area contributed by atoms with Gasteiger partial charge in [-0.3, -0.25) is 0 Å². The molecule has 0 aromatic carbocycles. The third kappa shape index (κ3) is 2.65. The SMILES string of the molecule is [B]C1(SC23[B]C(C(C)C)(CCC2)CC3)CCCCC1. The van der Waals surface area contributed by atoms with Crippen molar-refractivity contribution in [3.8, 4) is 0 Å². The lowest BCUT2D eigenvalue weighted by Crippen LogP contribution is -2.43. The minimum atomic E-state index is 0.0825. The molecule has 0 amide bonds. The Labute approximate surface area is 125 Å². The molecule has 3 aliphatic rings. The van der Waals surface area contributed by atoms with Gasteiger partial charge in [0.25, 0.3) is 0 Å². The fourth-order valence-electron chi connectivity index (χ4n) is 4.76. The van der Waals surface area contributed by atoms with Gasteiger partial charge in [-0.1, -0.05) is 57.7 Å². The first-order valence-corrected chi connectivity index (χ1v) is 9.16. The quantitative estimate of drug-likeness (QED) is 0.669. The molecule has 0 spiro atoms. The Kier molecular flexibility index (Phi) is 3.82. The van der Waals surface area contributed by atoms with Crippen LogP contribution in [0.1, 0.15) is 78.1 Å². The highest BCUT2D eigenvalue weighted by Crippen LogP contribution is 2.63. The minimum Gasteiger partial charge on any atom is -0.167 e. The fraction of sp³-hybridized carbons (Fsp3) is 1.00. The van der Waals surface area contributed by atoms with Gasteiger partial charge in [-0.15, -0.1) is 0 Å². The number of rotatable bonds is 3. The van der Waals surface area contributed by atoms with Crippen molar-refractivity contribution >= 4 is 26.9 Å². The zero-order valence-electron chi connectivity index (χ0n) is 12.7. The molecule has 2 saturated heterocycles. The lowest BCUT2D eigenvalue weighted by Gasteiger charge is -2.46. The first-order valence-electron chi connectivity index (χ1n) is 8.34. The van der Waals surface area contributed by atoms with E-state index in [-0.39, 0.29) is 4.65 Å². The van der Waals surface area contributed by atoms with Gasteiger partial charge in [0.05, 0.1) is 7.85 Å². The predicted molar refractivity (Wildman–Crippen MR) is 88.3 cm³/mol. The van der Waals surface area contributed by atoms with Crippen LogP contribution in [-0.2, 0) is 0 Å². The van der Waals surface area contributed by atoms with Gasteiger partial charge < -0.3 is 0 Å². The van der Waals surface area contributed by atoms with Crippen LogP contribution in [-0.4, -0.2) is 24.4 Å². The van der Waals surface area contributed by atoms with E-state index in [0.717, 1.165) is 5.92 Å². The lowest BCUT2D eigenvalue weighted by atomic mass is 9.41. The maximum atomic E-state index is 6.73. The molecule has 0 aromatic rings. The average Bonchev–Trinajstić information content (AvgIpc) is 2.62. The van der Waals surface area contributed by atoms with Gasteiger partial charge in [-0.25, -0.2) is 0 Å². The highest BCUT2D eigenvalue weighted by Gasteiger charge is 2.54. The predicted octanol–water partition coefficient (Wildman–Crippen LogP) is 4.74. The van der Waals surface area contributed by atoms with E-state index >= 15 is 0 Å². The van der Waals surface area contributed by atoms with Gasteiger partial charge in [0.1, 0.15) is 7.28 Å². The van der Waals surface area contributed by atoms with Crippen molar-refractivity contribution in [2.75, 3.05) is 0 Å². The lowest BCUT2D eigenvalue weighted by molar-refractivity contribution is 0.367. The van der Waals surface area contributed by atoms with Crippen LogP contribution >= 0.6 is 11.8 Å². The summed E-state index contributed by atoms with van der Waals surface area (Å²) in [5.74, 6) is 0.801. The third-order valence-corrected chi connectivity index (χ3v) is 7.81. The summed E-state index contributed by atoms with van der Waals surface area (Å²) < 4.78 is 0.508. The second-order valence-corrected chi connectivity index (χ2v) is 9.51. The van der Waals surface area contributed by atoms with Crippen LogP contribution < -0.4 is 0 Å². The van der Waals surface area contributed by atoms with Crippen LogP contribution in [0.5, 0.6) is 0 Å². The zero-order valence-corrected chi connectivity index (χ0v) is 13.5. The molecule has 0 aromatic heterocycles. The molecule has 3 heteroatoms. The van der Waals surface area contributed by atoms with Crippen LogP contribution in [0, 0.1) is 5.92 Å². The normalized spacial score (nSPS) is 41.2. The topological polar surface area (TPSA) is 0 Å². The largest absolute Gasteiger partial charge is 0.167 e. The maximum Gasteiger partial charge on any atom is 0.140 e. The summed E-state index contributed by atoms with van der Waals surface area (Å²) in [6.07, 6.45) is 13.6. The van der Waals surface area contributed by atoms with Gasteiger partial charge in [0.15, 0.2) is 0 Å². The third-order valence-electron chi connectivity index (χ3n) is 6.06. The molecular weight excluding hydrogens is 246 g/mol. The average molecular weight is 273 g/mol. The zero-order chi connectivity index (χ0) is 13.6. The number of hydrogen-bond acceptors (Lipinski definition) is 1. The van der Waals surface area contributed by atoms with Gasteiger partial charge >= 0.3 is 0 Å². The van der Waals surface area contributed by atoms with Crippen LogP contribution in [0.15, 0.2) is 0 Å². The van der Waals surface area contributed by atoms with Crippen molar-refractivity contribution in [2.45, 2.75) is 92.7 Å². The Bertz CT molecular complexity index is 338. The van der Waals surface area contributed by atoms with E-state index in [1.807, 2.05) is 0 Å². The van der Waals surface area contributed by atoms with Crippen molar-refractivity contribution in [1.29, 1.82) is 0 Å². The van der Waals surface area contributed by atoms with E-state index in [1.165, 1.54) is 64.2 Å². The van der Waals surface area contributed by atoms with Crippen molar-refractivity contribution in [3.63, 3.8) is 0 Å². The summed E-state index contributed by atoms with van der Waals surface area (Å²) in [6, 6.07) is 0. The van der Waals surface area contributed by atoms with E-state index in [2.05, 4.69) is 32.9 Å².